The molecule has 7 heteroatoms. The van der Waals surface area contributed by atoms with E-state index in [-0.39, 0.29) is 28.4 Å². The summed E-state index contributed by atoms with van der Waals surface area (Å²) in [5.41, 5.74) is 5.53. The van der Waals surface area contributed by atoms with Gasteiger partial charge in [0, 0.05) is 12.6 Å². The highest BCUT2D eigenvalue weighted by molar-refractivity contribution is 7.89. The molecule has 0 heterocycles. The predicted molar refractivity (Wildman–Crippen MR) is 67.3 cm³/mol. The molecular weight excluding hydrogens is 279 g/mol. The zero-order chi connectivity index (χ0) is 13.3. The summed E-state index contributed by atoms with van der Waals surface area (Å²) >= 11 is 5.79. The van der Waals surface area contributed by atoms with Gasteiger partial charge >= 0.3 is 0 Å². The second-order valence-corrected chi connectivity index (χ2v) is 6.47. The molecule has 3 N–H and O–H groups in total. The van der Waals surface area contributed by atoms with Gasteiger partial charge in [-0.15, -0.1) is 0 Å². The summed E-state index contributed by atoms with van der Waals surface area (Å²) in [6.07, 6.45) is 1.92. The molecule has 0 aliphatic heterocycles. The molecule has 1 aliphatic rings. The van der Waals surface area contributed by atoms with E-state index < -0.39 is 15.8 Å². The quantitative estimate of drug-likeness (QED) is 0.864. The summed E-state index contributed by atoms with van der Waals surface area (Å²) in [6.45, 7) is 0.219. The molecule has 1 atom stereocenters. The molecule has 100 valence electrons. The summed E-state index contributed by atoms with van der Waals surface area (Å²) in [7, 11) is -3.83. The maximum Gasteiger partial charge on any atom is 0.242 e. The first kappa shape index (κ1) is 13.7. The lowest BCUT2D eigenvalue weighted by molar-refractivity contribution is 0.518. The van der Waals surface area contributed by atoms with Crippen molar-refractivity contribution in [2.24, 2.45) is 11.7 Å². The zero-order valence-corrected chi connectivity index (χ0v) is 11.1. The van der Waals surface area contributed by atoms with Crippen LogP contribution in [-0.2, 0) is 10.0 Å². The number of halogens is 2. The average Bonchev–Trinajstić information content (AvgIpc) is 3.13. The lowest BCUT2D eigenvalue weighted by Gasteiger charge is -2.16. The molecule has 1 aliphatic carbocycles. The van der Waals surface area contributed by atoms with Crippen LogP contribution in [0.15, 0.2) is 23.1 Å². The van der Waals surface area contributed by atoms with E-state index in [1.165, 1.54) is 6.07 Å². The summed E-state index contributed by atoms with van der Waals surface area (Å²) in [6, 6.07) is 2.93. The molecule has 2 rings (SSSR count). The normalized spacial score (nSPS) is 17.7. The average molecular weight is 293 g/mol. The fourth-order valence-electron chi connectivity index (χ4n) is 1.78. The van der Waals surface area contributed by atoms with Crippen molar-refractivity contribution in [1.82, 2.24) is 4.72 Å². The maximum absolute atomic E-state index is 13.1. The van der Waals surface area contributed by atoms with E-state index in [0.29, 0.717) is 0 Å². The van der Waals surface area contributed by atoms with Crippen LogP contribution in [0, 0.1) is 11.7 Å². The van der Waals surface area contributed by atoms with Gasteiger partial charge in [0.05, 0.1) is 5.02 Å². The van der Waals surface area contributed by atoms with Crippen LogP contribution < -0.4 is 10.5 Å². The third-order valence-electron chi connectivity index (χ3n) is 2.93. The third kappa shape index (κ3) is 3.00. The second kappa shape index (κ2) is 5.13. The van der Waals surface area contributed by atoms with E-state index in [0.717, 1.165) is 25.0 Å². The second-order valence-electron chi connectivity index (χ2n) is 4.38. The fraction of sp³-hybridized carbons (Fsp3) is 0.455. The maximum atomic E-state index is 13.1. The van der Waals surface area contributed by atoms with Crippen LogP contribution in [0.2, 0.25) is 5.02 Å². The standard InChI is InChI=1S/C11H14ClFN2O2S/c12-9-4-3-8(13)5-11(9)18(16,17)15-10(6-14)7-1-2-7/h3-5,7,10,15H,1-2,6,14H2/t10-/m1/s1. The number of rotatable bonds is 5. The summed E-state index contributed by atoms with van der Waals surface area (Å²) in [4.78, 5) is -0.247. The Balaban J connectivity index is 2.26. The van der Waals surface area contributed by atoms with Crippen molar-refractivity contribution >= 4 is 21.6 Å². The highest BCUT2D eigenvalue weighted by Crippen LogP contribution is 2.33. The summed E-state index contributed by atoms with van der Waals surface area (Å²) < 4.78 is 39.8. The van der Waals surface area contributed by atoms with Gasteiger partial charge in [0.1, 0.15) is 10.7 Å². The Labute approximate surface area is 110 Å². The minimum atomic E-state index is -3.83. The molecule has 1 aromatic rings. The minimum Gasteiger partial charge on any atom is -0.329 e. The number of nitrogens with two attached hydrogens (primary N) is 1. The first-order valence-corrected chi connectivity index (χ1v) is 7.47. The van der Waals surface area contributed by atoms with Crippen molar-refractivity contribution in [2.75, 3.05) is 6.54 Å². The Morgan fingerprint density at radius 2 is 2.17 bits per heavy atom. The highest BCUT2D eigenvalue weighted by Gasteiger charge is 2.34. The van der Waals surface area contributed by atoms with Gasteiger partial charge < -0.3 is 5.73 Å². The van der Waals surface area contributed by atoms with Crippen LogP contribution in [-0.4, -0.2) is 21.0 Å². The molecule has 0 amide bonds. The Morgan fingerprint density at radius 1 is 1.50 bits per heavy atom. The molecule has 1 aromatic carbocycles. The van der Waals surface area contributed by atoms with Gasteiger partial charge in [-0.3, -0.25) is 0 Å². The van der Waals surface area contributed by atoms with Crippen molar-refractivity contribution in [2.45, 2.75) is 23.8 Å². The smallest absolute Gasteiger partial charge is 0.242 e. The molecule has 1 fully saturated rings. The molecule has 0 radical (unpaired) electrons. The number of benzene rings is 1. The van der Waals surface area contributed by atoms with E-state index in [1.54, 1.807) is 0 Å². The fourth-order valence-corrected chi connectivity index (χ4v) is 3.61. The van der Waals surface area contributed by atoms with E-state index >= 15 is 0 Å². The largest absolute Gasteiger partial charge is 0.329 e. The molecule has 0 aromatic heterocycles. The van der Waals surface area contributed by atoms with Gasteiger partial charge in [-0.05, 0) is 37.0 Å². The number of sulfonamides is 1. The number of nitrogens with one attached hydrogen (secondary N) is 1. The molecule has 18 heavy (non-hydrogen) atoms. The number of hydrogen-bond donors (Lipinski definition) is 2. The molecule has 0 unspecified atom stereocenters. The van der Waals surface area contributed by atoms with Gasteiger partial charge in [0.15, 0.2) is 0 Å². The molecule has 0 spiro atoms. The first-order chi connectivity index (χ1) is 8.44. The lowest BCUT2D eigenvalue weighted by Crippen LogP contribution is -2.41. The van der Waals surface area contributed by atoms with E-state index in [1.807, 2.05) is 0 Å². The Bertz CT molecular complexity index is 546. The van der Waals surface area contributed by atoms with Gasteiger partial charge in [0.25, 0.3) is 0 Å². The Kier molecular flexibility index (Phi) is 3.91. The van der Waals surface area contributed by atoms with E-state index in [9.17, 15) is 12.8 Å². The summed E-state index contributed by atoms with van der Waals surface area (Å²) in [5.74, 6) is -0.368. The monoisotopic (exact) mass is 292 g/mol. The Morgan fingerprint density at radius 3 is 2.72 bits per heavy atom. The van der Waals surface area contributed by atoms with Crippen LogP contribution in [0.4, 0.5) is 4.39 Å². The molecule has 0 saturated heterocycles. The SMILES string of the molecule is NC[C@@H](NS(=O)(=O)c1cc(F)ccc1Cl)C1CC1. The van der Waals surface area contributed by atoms with E-state index in [4.69, 9.17) is 17.3 Å². The van der Waals surface area contributed by atoms with Crippen molar-refractivity contribution in [3.63, 3.8) is 0 Å². The van der Waals surface area contributed by atoms with Crippen LogP contribution in [0.25, 0.3) is 0 Å². The first-order valence-electron chi connectivity index (χ1n) is 5.61. The van der Waals surface area contributed by atoms with Crippen molar-refractivity contribution < 1.29 is 12.8 Å². The van der Waals surface area contributed by atoms with Crippen LogP contribution >= 0.6 is 11.6 Å². The number of hydrogen-bond acceptors (Lipinski definition) is 3. The molecule has 0 bridgehead atoms. The van der Waals surface area contributed by atoms with Crippen LogP contribution in [0.3, 0.4) is 0 Å². The van der Waals surface area contributed by atoms with Gasteiger partial charge in [-0.1, -0.05) is 11.6 Å². The zero-order valence-electron chi connectivity index (χ0n) is 9.57. The Hall–Kier alpha value is -0.690. The lowest BCUT2D eigenvalue weighted by atomic mass is 10.2. The van der Waals surface area contributed by atoms with Crippen LogP contribution in [0.1, 0.15) is 12.8 Å². The van der Waals surface area contributed by atoms with Crippen LogP contribution in [0.5, 0.6) is 0 Å². The molecular formula is C11H14ClFN2O2S. The van der Waals surface area contributed by atoms with Gasteiger partial charge in [-0.2, -0.15) is 0 Å². The third-order valence-corrected chi connectivity index (χ3v) is 4.91. The molecule has 4 nitrogen and oxygen atoms in total. The summed E-state index contributed by atoms with van der Waals surface area (Å²) in [5, 5.41) is -0.00420. The van der Waals surface area contributed by atoms with Gasteiger partial charge in [0.2, 0.25) is 10.0 Å². The van der Waals surface area contributed by atoms with Gasteiger partial charge in [-0.25, -0.2) is 17.5 Å². The molecule has 1 saturated carbocycles. The van der Waals surface area contributed by atoms with E-state index in [2.05, 4.69) is 4.72 Å². The highest BCUT2D eigenvalue weighted by atomic mass is 35.5. The van der Waals surface area contributed by atoms with Crippen molar-refractivity contribution in [1.29, 1.82) is 0 Å². The minimum absolute atomic E-state index is 0.00420. The van der Waals surface area contributed by atoms with Crippen molar-refractivity contribution in [3.8, 4) is 0 Å². The topological polar surface area (TPSA) is 72.2 Å². The van der Waals surface area contributed by atoms with Crippen molar-refractivity contribution in [3.05, 3.63) is 29.0 Å². The predicted octanol–water partition coefficient (Wildman–Crippen LogP) is 1.49.